The summed E-state index contributed by atoms with van der Waals surface area (Å²) in [6, 6.07) is 5.80. The molecule has 14 heteroatoms. The van der Waals surface area contributed by atoms with Crippen LogP contribution in [0.3, 0.4) is 0 Å². The van der Waals surface area contributed by atoms with Crippen LogP contribution in [0.2, 0.25) is 0 Å². The third-order valence-corrected chi connectivity index (χ3v) is 11.7. The van der Waals surface area contributed by atoms with Gasteiger partial charge in [0.05, 0.1) is 17.0 Å². The molecule has 9 rings (SSSR count). The number of nitrogens with one attached hydrogen (secondary N) is 1. The quantitative estimate of drug-likeness (QED) is 0.269. The molecule has 5 fully saturated rings. The monoisotopic (exact) mass is 703 g/mol. The molecule has 4 aromatic rings. The number of carbonyl (C=O) groups excluding carboxylic acids is 1. The van der Waals surface area contributed by atoms with Gasteiger partial charge < -0.3 is 24.8 Å². The largest absolute Gasteiger partial charge is 0.508 e. The number of halogens is 3. The van der Waals surface area contributed by atoms with Crippen LogP contribution >= 0.6 is 0 Å². The molecule has 51 heavy (non-hydrogen) atoms. The van der Waals surface area contributed by atoms with Gasteiger partial charge in [0.2, 0.25) is 0 Å². The summed E-state index contributed by atoms with van der Waals surface area (Å²) in [5, 5.41) is 15.3. The van der Waals surface area contributed by atoms with Crippen molar-refractivity contribution in [3.05, 3.63) is 47.7 Å². The van der Waals surface area contributed by atoms with Gasteiger partial charge in [0.15, 0.2) is 5.82 Å². The number of hydrogen-bond donors (Lipinski definition) is 2. The van der Waals surface area contributed by atoms with Gasteiger partial charge in [-0.15, -0.1) is 0 Å². The zero-order valence-electron chi connectivity index (χ0n) is 28.4. The number of piperidine rings is 1. The minimum atomic E-state index is -0.938. The molecule has 0 spiro atoms. The third kappa shape index (κ3) is 5.32. The lowest BCUT2D eigenvalue weighted by atomic mass is 9.94. The zero-order valence-corrected chi connectivity index (χ0v) is 28.4. The lowest BCUT2D eigenvalue weighted by Crippen LogP contribution is -2.50. The molecule has 0 aliphatic carbocycles. The van der Waals surface area contributed by atoms with Crippen LogP contribution in [0.5, 0.6) is 11.8 Å². The van der Waals surface area contributed by atoms with Crippen LogP contribution in [0.25, 0.3) is 32.9 Å². The smallest absolute Gasteiger partial charge is 0.410 e. The molecule has 0 radical (unpaired) electrons. The molecular formula is C37H40F3N7O4. The molecule has 0 saturated carbocycles. The fourth-order valence-corrected chi connectivity index (χ4v) is 9.34. The number of carbonyl (C=O) groups is 1. The molecule has 0 bridgehead atoms. The summed E-state index contributed by atoms with van der Waals surface area (Å²) in [7, 11) is 0. The number of anilines is 1. The van der Waals surface area contributed by atoms with Crippen molar-refractivity contribution in [2.24, 2.45) is 0 Å². The van der Waals surface area contributed by atoms with Crippen molar-refractivity contribution in [1.29, 1.82) is 0 Å². The molecule has 2 N–H and O–H groups in total. The number of aryl methyl sites for hydroxylation is 1. The first kappa shape index (κ1) is 32.5. The van der Waals surface area contributed by atoms with Crippen LogP contribution in [0.15, 0.2) is 30.5 Å². The molecule has 7 heterocycles. The van der Waals surface area contributed by atoms with Crippen molar-refractivity contribution < 1.29 is 32.5 Å². The molecule has 1 amide bonds. The van der Waals surface area contributed by atoms with Crippen LogP contribution in [0.1, 0.15) is 44.6 Å². The number of hydrogen-bond acceptors (Lipinski definition) is 10. The molecule has 2 unspecified atom stereocenters. The maximum atomic E-state index is 17.0. The molecular weight excluding hydrogens is 663 g/mol. The molecule has 5 saturated heterocycles. The Hall–Kier alpha value is -4.43. The van der Waals surface area contributed by atoms with E-state index in [1.165, 1.54) is 24.4 Å². The van der Waals surface area contributed by atoms with E-state index in [1.807, 2.05) is 16.7 Å². The molecule has 4 atom stereocenters. The number of rotatable bonds is 7. The fourth-order valence-electron chi connectivity index (χ4n) is 9.34. The summed E-state index contributed by atoms with van der Waals surface area (Å²) in [5.41, 5.74) is 0.0791. The number of nitrogens with zero attached hydrogens (tertiary/aromatic N) is 6. The van der Waals surface area contributed by atoms with Gasteiger partial charge in [-0.1, -0.05) is 13.0 Å². The molecule has 2 aromatic carbocycles. The SMILES string of the molecule is CCc1c(F)ccc2cc(O)cc(-c3ncc4c(N5CCC(N6C(=O)OC7CNCC76)CC5)nc(OC[C@@]56CCCN5C[C@H](F)C6)nc4c3F)c12. The number of phenolic OH excluding ortho intramolecular Hbond substituents is 1. The lowest BCUT2D eigenvalue weighted by Gasteiger charge is -2.38. The van der Waals surface area contributed by atoms with Gasteiger partial charge in [0, 0.05) is 56.9 Å². The summed E-state index contributed by atoms with van der Waals surface area (Å²) < 4.78 is 58.5. The minimum Gasteiger partial charge on any atom is -0.508 e. The van der Waals surface area contributed by atoms with E-state index in [4.69, 9.17) is 14.5 Å². The van der Waals surface area contributed by atoms with Crippen LogP contribution in [0.4, 0.5) is 23.8 Å². The van der Waals surface area contributed by atoms with Crippen LogP contribution in [-0.2, 0) is 11.2 Å². The van der Waals surface area contributed by atoms with E-state index in [9.17, 15) is 14.3 Å². The van der Waals surface area contributed by atoms with E-state index < -0.39 is 23.3 Å². The lowest BCUT2D eigenvalue weighted by molar-refractivity contribution is 0.107. The number of aromatic hydroxyl groups is 1. The normalized spacial score (nSPS) is 26.7. The predicted octanol–water partition coefficient (Wildman–Crippen LogP) is 5.11. The van der Waals surface area contributed by atoms with Gasteiger partial charge in [-0.25, -0.2) is 18.0 Å². The molecule has 2 aromatic heterocycles. The first-order valence-corrected chi connectivity index (χ1v) is 18.0. The second kappa shape index (κ2) is 12.4. The predicted molar refractivity (Wildman–Crippen MR) is 184 cm³/mol. The summed E-state index contributed by atoms with van der Waals surface area (Å²) in [4.78, 5) is 32.8. The Balaban J connectivity index is 1.11. The highest BCUT2D eigenvalue weighted by Gasteiger charge is 2.50. The van der Waals surface area contributed by atoms with Gasteiger partial charge in [-0.3, -0.25) is 14.8 Å². The van der Waals surface area contributed by atoms with E-state index in [-0.39, 0.29) is 59.4 Å². The fraction of sp³-hybridized carbons (Fsp3) is 0.514. The topological polar surface area (TPSA) is 116 Å². The van der Waals surface area contributed by atoms with E-state index in [0.29, 0.717) is 85.9 Å². The Morgan fingerprint density at radius 3 is 2.80 bits per heavy atom. The first-order chi connectivity index (χ1) is 24.7. The Labute approximate surface area is 292 Å². The average molecular weight is 704 g/mol. The Kier molecular flexibility index (Phi) is 7.87. The highest BCUT2D eigenvalue weighted by Crippen LogP contribution is 2.42. The number of alkyl halides is 1. The summed E-state index contributed by atoms with van der Waals surface area (Å²) >= 11 is 0. The highest BCUT2D eigenvalue weighted by molar-refractivity contribution is 6.01. The summed E-state index contributed by atoms with van der Waals surface area (Å²) in [5.74, 6) is -0.828. The minimum absolute atomic E-state index is 0.00915. The van der Waals surface area contributed by atoms with E-state index >= 15 is 8.78 Å². The zero-order chi connectivity index (χ0) is 35.0. The first-order valence-electron chi connectivity index (χ1n) is 18.0. The van der Waals surface area contributed by atoms with Crippen molar-refractivity contribution in [1.82, 2.24) is 30.1 Å². The molecule has 5 aliphatic rings. The second-order valence-electron chi connectivity index (χ2n) is 14.6. The van der Waals surface area contributed by atoms with E-state index in [1.54, 1.807) is 6.07 Å². The standard InChI is InChI=1S/C37H40F3N7O4/c1-2-24-27(39)5-4-20-12-23(48)13-25(30(20)24)32-31(40)33-26(15-42-32)34(44-35(43-33)50-19-37-8-3-9-46(37)18-21(38)14-37)45-10-6-22(7-11-45)47-28-16-41-17-29(28)51-36(47)49/h4-5,12-13,15,21-22,28-29,41,48H,2-3,6-11,14,16-19H2,1H3/t21-,28?,29?,37+/m1/s1. The molecule has 5 aliphatic heterocycles. The van der Waals surface area contributed by atoms with Crippen molar-refractivity contribution in [3.63, 3.8) is 0 Å². The van der Waals surface area contributed by atoms with Gasteiger partial charge in [0.1, 0.15) is 47.5 Å². The number of aromatic nitrogens is 3. The van der Waals surface area contributed by atoms with E-state index in [2.05, 4.69) is 20.2 Å². The van der Waals surface area contributed by atoms with Crippen molar-refractivity contribution in [2.45, 2.75) is 75.3 Å². The third-order valence-electron chi connectivity index (χ3n) is 11.7. The maximum Gasteiger partial charge on any atom is 0.410 e. The van der Waals surface area contributed by atoms with Crippen LogP contribution < -0.4 is 15.0 Å². The summed E-state index contributed by atoms with van der Waals surface area (Å²) in [6.07, 6.45) is 3.93. The van der Waals surface area contributed by atoms with Gasteiger partial charge >= 0.3 is 12.1 Å². The number of amides is 1. The maximum absolute atomic E-state index is 17.0. The van der Waals surface area contributed by atoms with E-state index in [0.717, 1.165) is 19.4 Å². The molecule has 268 valence electrons. The van der Waals surface area contributed by atoms with Gasteiger partial charge in [-0.2, -0.15) is 9.97 Å². The number of phenols is 1. The Morgan fingerprint density at radius 2 is 1.98 bits per heavy atom. The van der Waals surface area contributed by atoms with Crippen molar-refractivity contribution >= 4 is 33.6 Å². The van der Waals surface area contributed by atoms with Crippen LogP contribution in [-0.4, -0.2) is 112 Å². The van der Waals surface area contributed by atoms with Gasteiger partial charge in [-0.05, 0) is 73.2 Å². The van der Waals surface area contributed by atoms with Gasteiger partial charge in [0.25, 0.3) is 0 Å². The molecule has 11 nitrogen and oxygen atoms in total. The van der Waals surface area contributed by atoms with Crippen molar-refractivity contribution in [3.8, 4) is 23.0 Å². The number of benzene rings is 2. The average Bonchev–Trinajstić information content (AvgIpc) is 3.88. The highest BCUT2D eigenvalue weighted by atomic mass is 19.1. The Bertz CT molecular complexity index is 2050. The van der Waals surface area contributed by atoms with Crippen LogP contribution in [0, 0.1) is 11.6 Å². The Morgan fingerprint density at radius 1 is 1.14 bits per heavy atom. The summed E-state index contributed by atoms with van der Waals surface area (Å²) in [6.45, 7) is 5.58. The number of fused-ring (bicyclic) bond motifs is 4. The number of pyridine rings is 1. The second-order valence-corrected chi connectivity index (χ2v) is 14.6. The van der Waals surface area contributed by atoms with Crippen molar-refractivity contribution in [2.75, 3.05) is 50.8 Å². The number of ether oxygens (including phenoxy) is 2.